The molecule has 24 N–H and O–H groups in total. The normalized spacial score (nSPS) is 2.81. The summed E-state index contributed by atoms with van der Waals surface area (Å²) in [6.07, 6.45) is 0. The van der Waals surface area contributed by atoms with E-state index >= 15 is 0 Å². The fraction of sp³-hybridized carbons (Fsp3) is 0. The minimum atomic E-state index is -5.88. The maximum atomic E-state index is 8.61. The molecule has 0 saturated carbocycles. The third-order valence-corrected chi connectivity index (χ3v) is 0. The molecule has 0 heterocycles. The molecule has 0 atom stereocenters. The first-order chi connectivity index (χ1) is 2.00. The van der Waals surface area contributed by atoms with Crippen LogP contribution in [-0.2, 0) is 3.74 Å². The monoisotopic (exact) mass is 464 g/mol. The predicted octanol–water partition coefficient (Wildman–Crippen LogP) is -23.6. The van der Waals surface area contributed by atoms with Gasteiger partial charge in [0, 0.05) is 0 Å². The van der Waals surface area contributed by atoms with Crippen LogP contribution in [-0.4, -0.2) is 132 Å². The standard InChI is InChI=1S/AsH3O4.K.3Na.12H2O.H/c2-1(3,4)5;;;;;;;;;;;;;;;;;/h(H3,2,3,4,5);;;;;12*1H2;/q;;3*+1;;;;;;;;;;;;;/p-3. The molecule has 0 aromatic heterocycles. The molecule has 130 valence electrons. The minimum absolute atomic E-state index is 0. The third kappa shape index (κ3) is 633. The van der Waals surface area contributed by atoms with Crippen LogP contribution in [0.4, 0.5) is 0 Å². The van der Waals surface area contributed by atoms with Gasteiger partial charge >= 0.3 is 171 Å². The molecular weight excluding hydrogens is 439 g/mol. The van der Waals surface area contributed by atoms with E-state index in [0.717, 1.165) is 0 Å². The summed E-state index contributed by atoms with van der Waals surface area (Å²) in [5, 5.41) is 0. The Morgan fingerprint density at radius 2 is 0.429 bits per heavy atom. The maximum Gasteiger partial charge on any atom is 1.00 e. The summed E-state index contributed by atoms with van der Waals surface area (Å²) in [5.74, 6) is 0. The molecule has 0 aliphatic heterocycles. The van der Waals surface area contributed by atoms with Gasteiger partial charge in [0.05, 0.1) is 0 Å². The van der Waals surface area contributed by atoms with Crippen molar-refractivity contribution in [3.8, 4) is 0 Å². The van der Waals surface area contributed by atoms with Crippen LogP contribution in [0.1, 0.15) is 0 Å². The Morgan fingerprint density at radius 1 is 0.429 bits per heavy atom. The third-order valence-electron chi connectivity index (χ3n) is 0. The summed E-state index contributed by atoms with van der Waals surface area (Å²) in [6, 6.07) is 0. The van der Waals surface area contributed by atoms with E-state index in [1.165, 1.54) is 0 Å². The smallest absolute Gasteiger partial charge is 1.00 e. The summed E-state index contributed by atoms with van der Waals surface area (Å²) in [6.45, 7) is 0. The van der Waals surface area contributed by atoms with Gasteiger partial charge in [-0.3, -0.25) is 0 Å². The molecule has 0 aliphatic rings. The van der Waals surface area contributed by atoms with Crippen LogP contribution in [0.3, 0.4) is 0 Å². The number of hydrogen-bond donors (Lipinski definition) is 0. The summed E-state index contributed by atoms with van der Waals surface area (Å²) in [4.78, 5) is 0. The maximum absolute atomic E-state index is 8.61. The molecular formula is H25AsKNa3O16. The van der Waals surface area contributed by atoms with Crippen molar-refractivity contribution in [2.45, 2.75) is 0 Å². The zero-order chi connectivity index (χ0) is 4.50. The average molecular weight is 464 g/mol. The van der Waals surface area contributed by atoms with Crippen LogP contribution in [0.2, 0.25) is 0 Å². The Morgan fingerprint density at radius 3 is 0.429 bits per heavy atom. The van der Waals surface area contributed by atoms with Gasteiger partial charge < -0.3 is 65.7 Å². The van der Waals surface area contributed by atoms with E-state index in [0.29, 0.717) is 0 Å². The average Bonchev–Trinajstić information content (AvgIpc) is 0.722. The molecule has 16 nitrogen and oxygen atoms in total. The van der Waals surface area contributed by atoms with E-state index in [9.17, 15) is 0 Å². The van der Waals surface area contributed by atoms with Gasteiger partial charge in [-0.1, -0.05) is 0 Å². The van der Waals surface area contributed by atoms with Gasteiger partial charge in [0.1, 0.15) is 0 Å². The SMILES string of the molecule is O.O.O.O.O.O.O.O.O.O.O.O.O=[As]([O-])([O-])[O-].[KH].[Na+].[Na+].[Na+]. The zero-order valence-corrected chi connectivity index (χ0v) is 19.0. The molecule has 0 aliphatic carbocycles. The quantitative estimate of drug-likeness (QED) is 0.315. The van der Waals surface area contributed by atoms with Crippen molar-refractivity contribution < 1.29 is 170 Å². The van der Waals surface area contributed by atoms with Gasteiger partial charge in [-0.25, -0.2) is 0 Å². The largest absolute Gasteiger partial charge is 1.00 e. The van der Waals surface area contributed by atoms with Crippen molar-refractivity contribution in [3.05, 3.63) is 0 Å². The Bertz CT molecular complexity index is 69.7. The Kier molecular flexibility index (Phi) is 1260. The Balaban J connectivity index is -0.000000000667. The number of hydrogen-bond acceptors (Lipinski definition) is 4. The van der Waals surface area contributed by atoms with Crippen LogP contribution in [0, 0.1) is 0 Å². The van der Waals surface area contributed by atoms with Crippen LogP contribution < -0.4 is 101 Å². The fourth-order valence-electron chi connectivity index (χ4n) is 0. The second-order valence-corrected chi connectivity index (χ2v) is 2.32. The molecule has 0 bridgehead atoms. The summed E-state index contributed by atoms with van der Waals surface area (Å²) in [7, 11) is 0. The Hall–Kier alpha value is 4.39. The fourth-order valence-corrected chi connectivity index (χ4v) is 0. The van der Waals surface area contributed by atoms with Gasteiger partial charge in [-0.2, -0.15) is 0 Å². The summed E-state index contributed by atoms with van der Waals surface area (Å²) >= 11 is -5.88. The van der Waals surface area contributed by atoms with Gasteiger partial charge in [0.25, 0.3) is 0 Å². The second-order valence-electron chi connectivity index (χ2n) is 0.447. The molecule has 0 aromatic rings. The van der Waals surface area contributed by atoms with E-state index in [1.807, 2.05) is 0 Å². The topological polar surface area (TPSA) is 464 Å². The van der Waals surface area contributed by atoms with E-state index < -0.39 is 14.5 Å². The molecule has 0 spiro atoms. The first-order valence-electron chi connectivity index (χ1n) is 0.730. The van der Waals surface area contributed by atoms with Gasteiger partial charge in [-0.15, -0.1) is 0 Å². The molecule has 21 heavy (non-hydrogen) atoms. The Labute approximate surface area is 231 Å². The molecule has 21 heteroatoms. The molecule has 0 radical (unpaired) electrons. The first kappa shape index (κ1) is 214. The van der Waals surface area contributed by atoms with Crippen LogP contribution in [0.15, 0.2) is 0 Å². The summed E-state index contributed by atoms with van der Waals surface area (Å²) < 4.78 is 34.4. The van der Waals surface area contributed by atoms with Gasteiger partial charge in [-0.05, 0) is 0 Å². The van der Waals surface area contributed by atoms with Crippen molar-refractivity contribution in [3.63, 3.8) is 0 Å². The molecule has 0 aromatic carbocycles. The number of rotatable bonds is 0. The second kappa shape index (κ2) is 124. The van der Waals surface area contributed by atoms with Gasteiger partial charge in [0.15, 0.2) is 0 Å². The van der Waals surface area contributed by atoms with E-state index in [2.05, 4.69) is 0 Å². The van der Waals surface area contributed by atoms with Crippen LogP contribution >= 0.6 is 0 Å². The van der Waals surface area contributed by atoms with E-state index in [1.54, 1.807) is 0 Å². The molecule has 0 fully saturated rings. The molecule has 0 amide bonds. The summed E-state index contributed by atoms with van der Waals surface area (Å²) in [5.41, 5.74) is 0. The molecule has 0 unspecified atom stereocenters. The van der Waals surface area contributed by atoms with Crippen LogP contribution in [0.5, 0.6) is 0 Å². The van der Waals surface area contributed by atoms with Crippen molar-refractivity contribution >= 4 is 65.9 Å². The first-order valence-corrected chi connectivity index (χ1v) is 3.79. The van der Waals surface area contributed by atoms with Crippen molar-refractivity contribution in [2.24, 2.45) is 0 Å². The van der Waals surface area contributed by atoms with Crippen LogP contribution in [0.25, 0.3) is 0 Å². The van der Waals surface area contributed by atoms with E-state index in [4.69, 9.17) is 16.0 Å². The van der Waals surface area contributed by atoms with Crippen molar-refractivity contribution in [2.75, 3.05) is 0 Å². The predicted molar refractivity (Wildman–Crippen MR) is 57.0 cm³/mol. The van der Waals surface area contributed by atoms with Crippen molar-refractivity contribution in [1.82, 2.24) is 0 Å². The molecule has 0 rings (SSSR count). The minimum Gasteiger partial charge on any atom is 1.00 e. The molecule has 0 saturated heterocycles. The van der Waals surface area contributed by atoms with Crippen molar-refractivity contribution in [1.29, 1.82) is 0 Å². The zero-order valence-electron chi connectivity index (χ0n) is 11.1. The van der Waals surface area contributed by atoms with Gasteiger partial charge in [0.2, 0.25) is 0 Å². The van der Waals surface area contributed by atoms with E-state index in [-0.39, 0.29) is 206 Å².